The average Bonchev–Trinajstić information content (AvgIpc) is 2.27. The normalized spacial score (nSPS) is 14.1. The molecule has 0 aliphatic heterocycles. The van der Waals surface area contributed by atoms with Crippen molar-refractivity contribution in [1.82, 2.24) is 0 Å². The van der Waals surface area contributed by atoms with Crippen molar-refractivity contribution in [3.63, 3.8) is 0 Å². The van der Waals surface area contributed by atoms with Gasteiger partial charge in [0.1, 0.15) is 0 Å². The van der Waals surface area contributed by atoms with Crippen LogP contribution in [-0.2, 0) is 17.6 Å². The molecule has 0 unspecified atom stereocenters. The zero-order valence-corrected chi connectivity index (χ0v) is 9.72. The minimum atomic E-state index is -0.747. The number of benzene rings is 1. The first-order chi connectivity index (χ1) is 7.66. The second kappa shape index (κ2) is 4.70. The zero-order valence-electron chi connectivity index (χ0n) is 8.82. The topological polar surface area (TPSA) is 50.1 Å². The number of carbonyl (C=O) groups is 1. The van der Waals surface area contributed by atoms with E-state index >= 15 is 0 Å². The first-order valence-corrected chi connectivity index (χ1v) is 5.73. The van der Waals surface area contributed by atoms with Gasteiger partial charge in [0, 0.05) is 5.56 Å². The molecule has 0 bridgehead atoms. The predicted octanol–water partition coefficient (Wildman–Crippen LogP) is 2.96. The molecule has 3 nitrogen and oxygen atoms in total. The number of rotatable bonds is 1. The molecule has 16 heavy (non-hydrogen) atoms. The van der Waals surface area contributed by atoms with Crippen LogP contribution in [0.3, 0.4) is 0 Å². The largest absolute Gasteiger partial charge is 0.399 e. The van der Waals surface area contributed by atoms with Crippen LogP contribution in [0.2, 0.25) is 0 Å². The monoisotopic (exact) mass is 235 g/mol. The maximum absolute atomic E-state index is 10.6. The summed E-state index contributed by atoms with van der Waals surface area (Å²) in [5.74, 6) is -0.131. The maximum atomic E-state index is 10.6. The van der Waals surface area contributed by atoms with Gasteiger partial charge in [-0.3, -0.25) is 5.41 Å². The fourth-order valence-corrected chi connectivity index (χ4v) is 2.11. The number of carbonyl (C=O) groups excluding carboxylic acids is 1. The van der Waals surface area contributed by atoms with Crippen molar-refractivity contribution in [1.29, 1.82) is 5.41 Å². The number of hydrogen-bond donors (Lipinski definition) is 2. The minimum absolute atomic E-state index is 0.131. The van der Waals surface area contributed by atoms with E-state index < -0.39 is 5.30 Å². The average molecular weight is 235 g/mol. The van der Waals surface area contributed by atoms with Gasteiger partial charge in [-0.25, -0.2) is 4.79 Å². The van der Waals surface area contributed by atoms with Gasteiger partial charge in [-0.05, 0) is 48.9 Å². The quantitative estimate of drug-likeness (QED) is 0.340. The van der Waals surface area contributed by atoms with Crippen molar-refractivity contribution >= 4 is 23.8 Å². The van der Waals surface area contributed by atoms with E-state index in [1.165, 1.54) is 24.0 Å². The van der Waals surface area contributed by atoms with Crippen molar-refractivity contribution in [2.75, 3.05) is 0 Å². The Morgan fingerprint density at radius 3 is 2.62 bits per heavy atom. The summed E-state index contributed by atoms with van der Waals surface area (Å²) in [6.45, 7) is 0. The lowest BCUT2D eigenvalue weighted by Gasteiger charge is -2.16. The molecule has 4 heteroatoms. The Morgan fingerprint density at radius 2 is 1.94 bits per heavy atom. The molecule has 1 aromatic rings. The first-order valence-electron chi connectivity index (χ1n) is 5.28. The zero-order chi connectivity index (χ0) is 11.5. The first kappa shape index (κ1) is 11.2. The van der Waals surface area contributed by atoms with Crippen molar-refractivity contribution in [2.45, 2.75) is 25.7 Å². The Kier molecular flexibility index (Phi) is 3.29. The molecule has 0 atom stereocenters. The summed E-state index contributed by atoms with van der Waals surface area (Å²) in [6.07, 6.45) is 4.58. The van der Waals surface area contributed by atoms with E-state index in [1.807, 2.05) is 18.2 Å². The fraction of sp³-hybridized carbons (Fsp3) is 0.333. The minimum Gasteiger partial charge on any atom is -0.399 e. The third-order valence-corrected chi connectivity index (χ3v) is 2.89. The fourth-order valence-electron chi connectivity index (χ4n) is 2.02. The number of aryl methyl sites for hydroxylation is 2. The predicted molar refractivity (Wildman–Crippen MR) is 65.4 cm³/mol. The van der Waals surface area contributed by atoms with Gasteiger partial charge in [0.15, 0.2) is 0 Å². The van der Waals surface area contributed by atoms with E-state index in [2.05, 4.69) is 17.4 Å². The van der Waals surface area contributed by atoms with Crippen LogP contribution < -0.4 is 0 Å². The molecule has 0 amide bonds. The highest BCUT2D eigenvalue weighted by Gasteiger charge is 2.12. The molecule has 0 saturated carbocycles. The van der Waals surface area contributed by atoms with E-state index in [0.717, 1.165) is 12.8 Å². The Morgan fingerprint density at radius 1 is 1.25 bits per heavy atom. The van der Waals surface area contributed by atoms with Crippen LogP contribution in [0, 0.1) is 5.41 Å². The Labute approximate surface area is 99.7 Å². The maximum Gasteiger partial charge on any atom is 0.370 e. The molecule has 0 fully saturated rings. The molecule has 0 heterocycles. The van der Waals surface area contributed by atoms with Crippen molar-refractivity contribution in [3.8, 4) is 0 Å². The Balaban J connectivity index is 2.23. The Hall–Kier alpha value is -1.29. The summed E-state index contributed by atoms with van der Waals surface area (Å²) >= 11 is 3.48. The molecule has 0 aromatic heterocycles. The van der Waals surface area contributed by atoms with E-state index in [0.29, 0.717) is 5.56 Å². The molecular weight excluding hydrogens is 222 g/mol. The summed E-state index contributed by atoms with van der Waals surface area (Å²) in [5.41, 5.74) is 3.26. The van der Waals surface area contributed by atoms with Gasteiger partial charge in [0.25, 0.3) is 0 Å². The second-order valence-corrected chi connectivity index (χ2v) is 4.25. The highest BCUT2D eigenvalue weighted by atomic mass is 32.1. The molecule has 0 radical (unpaired) electrons. The van der Waals surface area contributed by atoms with Crippen LogP contribution in [0.5, 0.6) is 0 Å². The van der Waals surface area contributed by atoms with Gasteiger partial charge in [0.05, 0.1) is 0 Å². The third-order valence-electron chi connectivity index (χ3n) is 2.80. The number of ether oxygens (including phenoxy) is 1. The smallest absolute Gasteiger partial charge is 0.370 e. The van der Waals surface area contributed by atoms with E-state index in [4.69, 9.17) is 5.41 Å². The van der Waals surface area contributed by atoms with E-state index in [-0.39, 0.29) is 5.90 Å². The lowest BCUT2D eigenvalue weighted by molar-refractivity contribution is 0.225. The third kappa shape index (κ3) is 2.44. The van der Waals surface area contributed by atoms with Crippen molar-refractivity contribution < 1.29 is 9.53 Å². The molecule has 84 valence electrons. The summed E-state index contributed by atoms with van der Waals surface area (Å²) in [4.78, 5) is 10.6. The van der Waals surface area contributed by atoms with Gasteiger partial charge in [-0.1, -0.05) is 18.7 Å². The van der Waals surface area contributed by atoms with E-state index in [9.17, 15) is 4.79 Å². The molecular formula is C12H13NO2S. The summed E-state index contributed by atoms with van der Waals surface area (Å²) in [7, 11) is 0. The molecule has 1 N–H and O–H groups in total. The molecule has 1 aliphatic rings. The number of thiol groups is 1. The molecule has 2 rings (SSSR count). The number of hydrogen-bond acceptors (Lipinski definition) is 3. The SMILES string of the molecule is N=C(OC(=O)S)c1ccc2c(c1)CCCC2. The van der Waals surface area contributed by atoms with Crippen molar-refractivity contribution in [2.24, 2.45) is 0 Å². The van der Waals surface area contributed by atoms with Gasteiger partial charge in [-0.15, -0.1) is 0 Å². The lowest BCUT2D eigenvalue weighted by Crippen LogP contribution is -2.09. The molecule has 0 saturated heterocycles. The standard InChI is InChI=1S/C12H13NO2S/c13-11(15-12(14)16)10-6-5-8-3-1-2-4-9(8)7-10/h5-7,13H,1-4H2,(H,14,16). The second-order valence-electron chi connectivity index (χ2n) is 3.89. The van der Waals surface area contributed by atoms with Crippen LogP contribution in [-0.4, -0.2) is 11.2 Å². The number of nitrogens with one attached hydrogen (secondary N) is 1. The molecule has 0 spiro atoms. The van der Waals surface area contributed by atoms with E-state index in [1.54, 1.807) is 0 Å². The molecule has 1 aliphatic carbocycles. The summed E-state index contributed by atoms with van der Waals surface area (Å²) < 4.78 is 4.64. The summed E-state index contributed by atoms with van der Waals surface area (Å²) in [6, 6.07) is 5.78. The van der Waals surface area contributed by atoms with Crippen LogP contribution in [0.1, 0.15) is 29.5 Å². The number of fused-ring (bicyclic) bond motifs is 1. The van der Waals surface area contributed by atoms with Crippen LogP contribution in [0.15, 0.2) is 18.2 Å². The van der Waals surface area contributed by atoms with Crippen LogP contribution in [0.25, 0.3) is 0 Å². The lowest BCUT2D eigenvalue weighted by atomic mass is 9.90. The highest BCUT2D eigenvalue weighted by molar-refractivity contribution is 7.96. The van der Waals surface area contributed by atoms with Crippen LogP contribution in [0.4, 0.5) is 4.79 Å². The van der Waals surface area contributed by atoms with Gasteiger partial charge >= 0.3 is 5.30 Å². The highest BCUT2D eigenvalue weighted by Crippen LogP contribution is 2.22. The van der Waals surface area contributed by atoms with Gasteiger partial charge < -0.3 is 4.74 Å². The van der Waals surface area contributed by atoms with Gasteiger partial charge in [-0.2, -0.15) is 0 Å². The van der Waals surface area contributed by atoms with Crippen molar-refractivity contribution in [3.05, 3.63) is 34.9 Å². The van der Waals surface area contributed by atoms with Gasteiger partial charge in [0.2, 0.25) is 5.90 Å². The molecule has 1 aromatic carbocycles. The Bertz CT molecular complexity index is 443. The van der Waals surface area contributed by atoms with Crippen LogP contribution >= 0.6 is 12.6 Å². The summed E-state index contributed by atoms with van der Waals surface area (Å²) in [5, 5.41) is 6.84.